The molecule has 0 aromatic carbocycles. The van der Waals surface area contributed by atoms with E-state index < -0.39 is 0 Å². The van der Waals surface area contributed by atoms with Gasteiger partial charge in [-0.1, -0.05) is 58.8 Å². The fourth-order valence-corrected chi connectivity index (χ4v) is 0.500. The number of hydrogen-bond acceptors (Lipinski definition) is 0. The summed E-state index contributed by atoms with van der Waals surface area (Å²) < 4.78 is 0. The molecule has 1 heteroatoms. The SMILES string of the molecule is C.C1CCC1.C1CCC1.[Y]. The second kappa shape index (κ2) is 10.1. The van der Waals surface area contributed by atoms with Crippen molar-refractivity contribution >= 4 is 0 Å². The van der Waals surface area contributed by atoms with E-state index in [-0.39, 0.29) is 40.1 Å². The zero-order valence-electron chi connectivity index (χ0n) is 6.23. The minimum atomic E-state index is 0. The quantitative estimate of drug-likeness (QED) is 0.579. The van der Waals surface area contributed by atoms with Gasteiger partial charge in [-0.3, -0.25) is 0 Å². The van der Waals surface area contributed by atoms with Crippen molar-refractivity contribution in [1.82, 2.24) is 0 Å². The number of hydrogen-bond donors (Lipinski definition) is 0. The first-order valence-electron chi connectivity index (χ1n) is 4.00. The molecule has 0 nitrogen and oxygen atoms in total. The van der Waals surface area contributed by atoms with Gasteiger partial charge in [0, 0.05) is 32.7 Å². The topological polar surface area (TPSA) is 0 Å². The normalized spacial score (nSPS) is 19.2. The van der Waals surface area contributed by atoms with Gasteiger partial charge >= 0.3 is 0 Å². The Morgan fingerprint density at radius 2 is 0.500 bits per heavy atom. The average molecular weight is 217 g/mol. The molecule has 2 rings (SSSR count). The van der Waals surface area contributed by atoms with Crippen LogP contribution < -0.4 is 0 Å². The second-order valence-electron chi connectivity index (χ2n) is 2.83. The second-order valence-corrected chi connectivity index (χ2v) is 2.83. The van der Waals surface area contributed by atoms with Crippen LogP contribution in [0.25, 0.3) is 0 Å². The maximum absolute atomic E-state index is 1.50. The van der Waals surface area contributed by atoms with Crippen LogP contribution in [0.3, 0.4) is 0 Å². The predicted octanol–water partition coefficient (Wildman–Crippen LogP) is 3.75. The average Bonchev–Trinajstić information content (AvgIpc) is 1.12. The van der Waals surface area contributed by atoms with Gasteiger partial charge < -0.3 is 0 Å². The van der Waals surface area contributed by atoms with Crippen molar-refractivity contribution in [2.45, 2.75) is 58.8 Å². The minimum Gasteiger partial charge on any atom is -0.0776 e. The standard InChI is InChI=1S/2C4H8.CH4.Y/c2*1-2-4-3-1;;/h2*1-4H2;1H4;. The molecule has 2 aliphatic carbocycles. The molecule has 0 N–H and O–H groups in total. The molecule has 0 bridgehead atoms. The van der Waals surface area contributed by atoms with E-state index in [4.69, 9.17) is 0 Å². The molecule has 2 aliphatic rings. The van der Waals surface area contributed by atoms with Crippen molar-refractivity contribution in [2.24, 2.45) is 0 Å². The summed E-state index contributed by atoms with van der Waals surface area (Å²) in [5.41, 5.74) is 0. The fraction of sp³-hybridized carbons (Fsp3) is 1.00. The zero-order chi connectivity index (χ0) is 5.66. The van der Waals surface area contributed by atoms with Gasteiger partial charge in [0.25, 0.3) is 0 Å². The van der Waals surface area contributed by atoms with Gasteiger partial charge in [0.2, 0.25) is 0 Å². The molecule has 2 saturated carbocycles. The summed E-state index contributed by atoms with van der Waals surface area (Å²) in [6.07, 6.45) is 12.0. The molecule has 59 valence electrons. The molecule has 0 aromatic rings. The largest absolute Gasteiger partial charge is 0.0776 e. The Labute approximate surface area is 91.0 Å². The molecule has 0 saturated heterocycles. The van der Waals surface area contributed by atoms with Gasteiger partial charge in [-0.2, -0.15) is 0 Å². The van der Waals surface area contributed by atoms with E-state index in [9.17, 15) is 0 Å². The van der Waals surface area contributed by atoms with Crippen LogP contribution in [0, 0.1) is 0 Å². The summed E-state index contributed by atoms with van der Waals surface area (Å²) in [5, 5.41) is 0. The van der Waals surface area contributed by atoms with Crippen molar-refractivity contribution in [2.75, 3.05) is 0 Å². The molecular weight excluding hydrogens is 197 g/mol. The van der Waals surface area contributed by atoms with Crippen LogP contribution in [0.15, 0.2) is 0 Å². The van der Waals surface area contributed by atoms with E-state index in [1.165, 1.54) is 51.4 Å². The summed E-state index contributed by atoms with van der Waals surface area (Å²) >= 11 is 0. The molecule has 1 radical (unpaired) electrons. The first kappa shape index (κ1) is 13.7. The van der Waals surface area contributed by atoms with Crippen LogP contribution >= 0.6 is 0 Å². The van der Waals surface area contributed by atoms with Crippen molar-refractivity contribution in [1.29, 1.82) is 0 Å². The smallest absolute Gasteiger partial charge is 0 e. The van der Waals surface area contributed by atoms with E-state index >= 15 is 0 Å². The molecule has 0 atom stereocenters. The first-order chi connectivity index (χ1) is 4.00. The molecule has 10 heavy (non-hydrogen) atoms. The van der Waals surface area contributed by atoms with Crippen molar-refractivity contribution < 1.29 is 32.7 Å². The molecule has 0 aromatic heterocycles. The van der Waals surface area contributed by atoms with Crippen LogP contribution in [0.1, 0.15) is 58.8 Å². The Hall–Kier alpha value is 1.10. The van der Waals surface area contributed by atoms with E-state index in [1.54, 1.807) is 0 Å². The van der Waals surface area contributed by atoms with Crippen molar-refractivity contribution in [3.8, 4) is 0 Å². The van der Waals surface area contributed by atoms with E-state index in [0.29, 0.717) is 0 Å². The molecular formula is C9H20Y. The number of rotatable bonds is 0. The Balaban J connectivity index is 0. The van der Waals surface area contributed by atoms with Gasteiger partial charge in [-0.15, -0.1) is 0 Å². The third-order valence-corrected chi connectivity index (χ3v) is 2.00. The van der Waals surface area contributed by atoms with E-state index in [2.05, 4.69) is 0 Å². The van der Waals surface area contributed by atoms with Gasteiger partial charge in [-0.25, -0.2) is 0 Å². The van der Waals surface area contributed by atoms with Crippen molar-refractivity contribution in [3.63, 3.8) is 0 Å². The van der Waals surface area contributed by atoms with Crippen LogP contribution in [0.5, 0.6) is 0 Å². The monoisotopic (exact) mass is 217 g/mol. The Morgan fingerprint density at radius 3 is 0.500 bits per heavy atom. The molecule has 0 heterocycles. The summed E-state index contributed by atoms with van der Waals surface area (Å²) in [5.74, 6) is 0. The van der Waals surface area contributed by atoms with Crippen molar-refractivity contribution in [3.05, 3.63) is 0 Å². The van der Waals surface area contributed by atoms with Gasteiger partial charge in [0.05, 0.1) is 0 Å². The Bertz CT molecular complexity index is 28.7. The third kappa shape index (κ3) is 7.21. The van der Waals surface area contributed by atoms with E-state index in [0.717, 1.165) is 0 Å². The third-order valence-electron chi connectivity index (χ3n) is 2.00. The molecule has 0 spiro atoms. The van der Waals surface area contributed by atoms with Crippen LogP contribution in [-0.4, -0.2) is 0 Å². The van der Waals surface area contributed by atoms with E-state index in [1.807, 2.05) is 0 Å². The van der Waals surface area contributed by atoms with Crippen LogP contribution in [0.2, 0.25) is 0 Å². The fourth-order valence-electron chi connectivity index (χ4n) is 0.500. The Morgan fingerprint density at radius 1 is 0.400 bits per heavy atom. The van der Waals surface area contributed by atoms with Crippen LogP contribution in [0.4, 0.5) is 0 Å². The Kier molecular flexibility index (Phi) is 13.8. The summed E-state index contributed by atoms with van der Waals surface area (Å²) in [4.78, 5) is 0. The predicted molar refractivity (Wildman–Crippen MR) is 43.7 cm³/mol. The van der Waals surface area contributed by atoms with Crippen LogP contribution in [-0.2, 0) is 32.7 Å². The van der Waals surface area contributed by atoms with Gasteiger partial charge in [0.15, 0.2) is 0 Å². The molecule has 0 unspecified atom stereocenters. The molecule has 2 fully saturated rings. The minimum absolute atomic E-state index is 0. The summed E-state index contributed by atoms with van der Waals surface area (Å²) in [7, 11) is 0. The summed E-state index contributed by atoms with van der Waals surface area (Å²) in [6.45, 7) is 0. The molecule has 0 amide bonds. The van der Waals surface area contributed by atoms with Gasteiger partial charge in [-0.05, 0) is 0 Å². The maximum Gasteiger partial charge on any atom is 0 e. The zero-order valence-corrected chi connectivity index (χ0v) is 9.07. The van der Waals surface area contributed by atoms with Gasteiger partial charge in [0.1, 0.15) is 0 Å². The first-order valence-corrected chi connectivity index (χ1v) is 4.00. The maximum atomic E-state index is 1.50. The molecule has 0 aliphatic heterocycles. The summed E-state index contributed by atoms with van der Waals surface area (Å²) in [6, 6.07) is 0.